The van der Waals surface area contributed by atoms with Gasteiger partial charge in [-0.05, 0) is 64.9 Å². The zero-order chi connectivity index (χ0) is 25.2. The second kappa shape index (κ2) is 9.67. The number of anilines is 1. The van der Waals surface area contributed by atoms with Crippen LogP contribution in [0.1, 0.15) is 11.1 Å². The maximum absolute atomic E-state index is 13.2. The van der Waals surface area contributed by atoms with Gasteiger partial charge in [-0.1, -0.05) is 58.4 Å². The van der Waals surface area contributed by atoms with Crippen molar-refractivity contribution in [2.24, 2.45) is 0 Å². The van der Waals surface area contributed by atoms with Gasteiger partial charge in [-0.25, -0.2) is 9.69 Å². The topological polar surface area (TPSA) is 95.9 Å². The van der Waals surface area contributed by atoms with E-state index in [4.69, 9.17) is 4.74 Å². The highest BCUT2D eigenvalue weighted by atomic mass is 79.9. The van der Waals surface area contributed by atoms with Gasteiger partial charge in [0.2, 0.25) is 0 Å². The number of rotatable bonds is 5. The Kier molecular flexibility index (Phi) is 6.26. The number of carbonyl (C=O) groups is 3. The molecule has 5 rings (SSSR count). The monoisotopic (exact) mass is 542 g/mol. The number of amides is 4. The SMILES string of the molecule is O=C1NC(=O)N(c2ccc(O)cc2)C(=O)/C1=C/c1cc(Br)ccc1OCc1cccc2ccccc12. The van der Waals surface area contributed by atoms with Crippen LogP contribution < -0.4 is 15.0 Å². The maximum Gasteiger partial charge on any atom is 0.335 e. The highest BCUT2D eigenvalue weighted by molar-refractivity contribution is 9.10. The number of hydrogen-bond acceptors (Lipinski definition) is 5. The summed E-state index contributed by atoms with van der Waals surface area (Å²) in [5.41, 5.74) is 1.47. The molecule has 1 fully saturated rings. The van der Waals surface area contributed by atoms with Crippen LogP contribution >= 0.6 is 15.9 Å². The molecule has 8 heteroatoms. The molecule has 4 aromatic carbocycles. The van der Waals surface area contributed by atoms with E-state index < -0.39 is 17.8 Å². The number of imide groups is 2. The van der Waals surface area contributed by atoms with Crippen LogP contribution in [0.2, 0.25) is 0 Å². The van der Waals surface area contributed by atoms with Crippen molar-refractivity contribution in [3.63, 3.8) is 0 Å². The van der Waals surface area contributed by atoms with Crippen molar-refractivity contribution in [3.05, 3.63) is 106 Å². The van der Waals surface area contributed by atoms with E-state index in [-0.39, 0.29) is 23.6 Å². The predicted molar refractivity (Wildman–Crippen MR) is 140 cm³/mol. The normalized spacial score (nSPS) is 14.9. The lowest BCUT2D eigenvalue weighted by Gasteiger charge is -2.26. The molecule has 1 heterocycles. The number of phenolic OH excluding ortho intramolecular Hbond substituents is 1. The Morgan fingerprint density at radius 1 is 0.917 bits per heavy atom. The molecule has 0 spiro atoms. The molecular formula is C28H19BrN2O5. The average molecular weight is 543 g/mol. The van der Waals surface area contributed by atoms with Gasteiger partial charge < -0.3 is 9.84 Å². The van der Waals surface area contributed by atoms with Crippen LogP contribution in [0.15, 0.2) is 95.0 Å². The van der Waals surface area contributed by atoms with Crippen LogP contribution in [-0.4, -0.2) is 23.0 Å². The third-order valence-corrected chi connectivity index (χ3v) is 6.24. The van der Waals surface area contributed by atoms with Gasteiger partial charge >= 0.3 is 6.03 Å². The molecule has 0 aliphatic carbocycles. The van der Waals surface area contributed by atoms with E-state index >= 15 is 0 Å². The van der Waals surface area contributed by atoms with Crippen molar-refractivity contribution in [1.29, 1.82) is 0 Å². The van der Waals surface area contributed by atoms with Crippen LogP contribution in [0, 0.1) is 0 Å². The first-order chi connectivity index (χ1) is 17.4. The molecule has 2 N–H and O–H groups in total. The Morgan fingerprint density at radius 2 is 1.67 bits per heavy atom. The number of phenols is 1. The molecule has 1 aliphatic rings. The highest BCUT2D eigenvalue weighted by Crippen LogP contribution is 2.30. The summed E-state index contributed by atoms with van der Waals surface area (Å²) in [6, 6.07) is 23.9. The number of hydrogen-bond donors (Lipinski definition) is 2. The Labute approximate surface area is 214 Å². The fourth-order valence-electron chi connectivity index (χ4n) is 3.99. The van der Waals surface area contributed by atoms with Crippen LogP contribution in [0.3, 0.4) is 0 Å². The van der Waals surface area contributed by atoms with Crippen LogP contribution in [0.4, 0.5) is 10.5 Å². The van der Waals surface area contributed by atoms with Gasteiger partial charge in [0.15, 0.2) is 0 Å². The maximum atomic E-state index is 13.2. The zero-order valence-electron chi connectivity index (χ0n) is 18.8. The fraction of sp³-hybridized carbons (Fsp3) is 0.0357. The van der Waals surface area contributed by atoms with Crippen LogP contribution in [-0.2, 0) is 16.2 Å². The summed E-state index contributed by atoms with van der Waals surface area (Å²) in [6.07, 6.45) is 1.40. The number of carbonyl (C=O) groups excluding carboxylic acids is 3. The van der Waals surface area contributed by atoms with Gasteiger partial charge in [-0.15, -0.1) is 0 Å². The van der Waals surface area contributed by atoms with Gasteiger partial charge in [-0.3, -0.25) is 14.9 Å². The molecular weight excluding hydrogens is 524 g/mol. The molecule has 178 valence electrons. The lowest BCUT2D eigenvalue weighted by molar-refractivity contribution is -0.122. The summed E-state index contributed by atoms with van der Waals surface area (Å²) >= 11 is 3.43. The smallest absolute Gasteiger partial charge is 0.335 e. The summed E-state index contributed by atoms with van der Waals surface area (Å²) in [6.45, 7) is 0.275. The van der Waals surface area contributed by atoms with Crippen molar-refractivity contribution < 1.29 is 24.2 Å². The highest BCUT2D eigenvalue weighted by Gasteiger charge is 2.37. The molecule has 36 heavy (non-hydrogen) atoms. The standard InChI is InChI=1S/C28H19BrN2O5/c29-20-8-13-25(36-16-18-6-3-5-17-4-1-2-7-23(17)18)19(14-20)15-24-26(33)30-28(35)31(27(24)34)21-9-11-22(32)12-10-21/h1-15,32H,16H2,(H,30,33,35)/b24-15+. The second-order valence-corrected chi connectivity index (χ2v) is 9.00. The fourth-order valence-corrected chi connectivity index (χ4v) is 4.37. The van der Waals surface area contributed by atoms with Crippen molar-refractivity contribution in [3.8, 4) is 11.5 Å². The van der Waals surface area contributed by atoms with Crippen LogP contribution in [0.5, 0.6) is 11.5 Å². The van der Waals surface area contributed by atoms with E-state index in [9.17, 15) is 19.5 Å². The molecule has 0 unspecified atom stereocenters. The van der Waals surface area contributed by atoms with E-state index in [1.807, 2.05) is 42.5 Å². The number of fused-ring (bicyclic) bond motifs is 1. The first kappa shape index (κ1) is 23.3. The van der Waals surface area contributed by atoms with Gasteiger partial charge in [0.25, 0.3) is 11.8 Å². The number of benzene rings is 4. The summed E-state index contributed by atoms with van der Waals surface area (Å²) in [4.78, 5) is 39.1. The summed E-state index contributed by atoms with van der Waals surface area (Å²) in [5, 5.41) is 13.9. The Bertz CT molecular complexity index is 1540. The molecule has 4 amide bonds. The summed E-state index contributed by atoms with van der Waals surface area (Å²) in [7, 11) is 0. The molecule has 1 aliphatic heterocycles. The number of urea groups is 1. The number of ether oxygens (including phenoxy) is 1. The van der Waals surface area contributed by atoms with E-state index in [0.717, 1.165) is 25.7 Å². The van der Waals surface area contributed by atoms with E-state index in [1.165, 1.54) is 30.3 Å². The van der Waals surface area contributed by atoms with Crippen molar-refractivity contribution in [2.45, 2.75) is 6.61 Å². The van der Waals surface area contributed by atoms with Gasteiger partial charge in [-0.2, -0.15) is 0 Å². The molecule has 0 radical (unpaired) electrons. The van der Waals surface area contributed by atoms with Gasteiger partial charge in [0.05, 0.1) is 5.69 Å². The van der Waals surface area contributed by atoms with Crippen molar-refractivity contribution in [1.82, 2.24) is 5.32 Å². The molecule has 0 bridgehead atoms. The van der Waals surface area contributed by atoms with Crippen molar-refractivity contribution >= 4 is 56.3 Å². The van der Waals surface area contributed by atoms with Gasteiger partial charge in [0.1, 0.15) is 23.7 Å². The minimum atomic E-state index is -0.866. The van der Waals surface area contributed by atoms with Crippen LogP contribution in [0.25, 0.3) is 16.8 Å². The first-order valence-electron chi connectivity index (χ1n) is 11.0. The zero-order valence-corrected chi connectivity index (χ0v) is 20.4. The minimum absolute atomic E-state index is 0.0161. The number of aromatic hydroxyl groups is 1. The quantitative estimate of drug-likeness (QED) is 0.254. The number of barbiturate groups is 1. The molecule has 4 aromatic rings. The largest absolute Gasteiger partial charge is 0.508 e. The Balaban J connectivity index is 1.48. The number of nitrogens with one attached hydrogen (secondary N) is 1. The lowest BCUT2D eigenvalue weighted by Crippen LogP contribution is -2.54. The van der Waals surface area contributed by atoms with E-state index in [0.29, 0.717) is 11.3 Å². The summed E-state index contributed by atoms with van der Waals surface area (Å²) < 4.78 is 6.85. The first-order valence-corrected chi connectivity index (χ1v) is 11.8. The Hall–Kier alpha value is -4.43. The molecule has 0 saturated carbocycles. The molecule has 1 saturated heterocycles. The van der Waals surface area contributed by atoms with E-state index in [2.05, 4.69) is 21.2 Å². The number of halogens is 1. The average Bonchev–Trinajstić information content (AvgIpc) is 2.87. The third kappa shape index (κ3) is 4.58. The lowest BCUT2D eigenvalue weighted by atomic mass is 10.0. The predicted octanol–water partition coefficient (Wildman–Crippen LogP) is 5.55. The molecule has 0 aromatic heterocycles. The molecule has 0 atom stereocenters. The number of nitrogens with zero attached hydrogens (tertiary/aromatic N) is 1. The molecule has 7 nitrogen and oxygen atoms in total. The van der Waals surface area contributed by atoms with Gasteiger partial charge in [0, 0.05) is 10.0 Å². The van der Waals surface area contributed by atoms with Crippen molar-refractivity contribution in [2.75, 3.05) is 4.90 Å². The summed E-state index contributed by atoms with van der Waals surface area (Å²) in [5.74, 6) is -1.14. The third-order valence-electron chi connectivity index (χ3n) is 5.74. The minimum Gasteiger partial charge on any atom is -0.508 e. The van der Waals surface area contributed by atoms with E-state index in [1.54, 1.807) is 18.2 Å². The second-order valence-electron chi connectivity index (χ2n) is 8.08. The Morgan fingerprint density at radius 3 is 2.47 bits per heavy atom.